The zero-order valence-electron chi connectivity index (χ0n) is 9.48. The summed E-state index contributed by atoms with van der Waals surface area (Å²) in [6.07, 6.45) is 6.63. The summed E-state index contributed by atoms with van der Waals surface area (Å²) in [5.74, 6) is 0. The van der Waals surface area contributed by atoms with Gasteiger partial charge in [0.15, 0.2) is 0 Å². The molecule has 1 rings (SSSR count). The van der Waals surface area contributed by atoms with E-state index in [4.69, 9.17) is 5.73 Å². The number of nitrogens with two attached hydrogens (primary N) is 1. The summed E-state index contributed by atoms with van der Waals surface area (Å²) in [4.78, 5) is 14.0. The molecule has 0 unspecified atom stereocenters. The maximum atomic E-state index is 10.5. The standard InChI is InChI=1S/C11H17N3O2/c1-2-3-4-5-6-11-10(12)7-9(8-13-11)14(15)16/h7-8H,2-6,12H2,1H3. The number of nitro groups is 1. The molecule has 0 aliphatic heterocycles. The lowest BCUT2D eigenvalue weighted by Gasteiger charge is -2.03. The Morgan fingerprint density at radius 2 is 2.19 bits per heavy atom. The molecule has 0 saturated heterocycles. The first kappa shape index (κ1) is 12.4. The van der Waals surface area contributed by atoms with Crippen LogP contribution in [0, 0.1) is 10.1 Å². The van der Waals surface area contributed by atoms with Gasteiger partial charge in [-0.1, -0.05) is 26.2 Å². The van der Waals surface area contributed by atoms with E-state index in [0.717, 1.165) is 25.0 Å². The Morgan fingerprint density at radius 3 is 2.75 bits per heavy atom. The van der Waals surface area contributed by atoms with Crippen molar-refractivity contribution >= 4 is 11.4 Å². The van der Waals surface area contributed by atoms with Crippen LogP contribution in [0.25, 0.3) is 0 Å². The molecule has 1 heterocycles. The van der Waals surface area contributed by atoms with Gasteiger partial charge in [-0.2, -0.15) is 0 Å². The third kappa shape index (κ3) is 3.49. The Labute approximate surface area is 94.8 Å². The summed E-state index contributed by atoms with van der Waals surface area (Å²) in [5.41, 5.74) is 6.85. The highest BCUT2D eigenvalue weighted by atomic mass is 16.6. The highest BCUT2D eigenvalue weighted by Gasteiger charge is 2.09. The molecule has 2 N–H and O–H groups in total. The Bertz CT molecular complexity index is 366. The second-order valence-electron chi connectivity index (χ2n) is 3.80. The number of rotatable bonds is 6. The van der Waals surface area contributed by atoms with Crippen LogP contribution in [0.2, 0.25) is 0 Å². The molecule has 0 aliphatic rings. The summed E-state index contributed by atoms with van der Waals surface area (Å²) in [7, 11) is 0. The van der Waals surface area contributed by atoms with E-state index in [1.54, 1.807) is 0 Å². The molecular formula is C11H17N3O2. The third-order valence-corrected chi connectivity index (χ3v) is 2.47. The SMILES string of the molecule is CCCCCCc1ncc([N+](=O)[O-])cc1N. The van der Waals surface area contributed by atoms with E-state index in [1.807, 2.05) is 0 Å². The van der Waals surface area contributed by atoms with E-state index in [2.05, 4.69) is 11.9 Å². The molecule has 1 aromatic rings. The van der Waals surface area contributed by atoms with Crippen LogP contribution in [0.5, 0.6) is 0 Å². The number of nitrogen functional groups attached to an aromatic ring is 1. The Kier molecular flexibility index (Phi) is 4.69. The van der Waals surface area contributed by atoms with Gasteiger partial charge < -0.3 is 5.73 Å². The fourth-order valence-corrected chi connectivity index (χ4v) is 1.53. The maximum Gasteiger partial charge on any atom is 0.289 e. The van der Waals surface area contributed by atoms with Crippen LogP contribution in [0.15, 0.2) is 12.3 Å². The maximum absolute atomic E-state index is 10.5. The molecule has 5 nitrogen and oxygen atoms in total. The first-order valence-electron chi connectivity index (χ1n) is 5.54. The molecule has 0 saturated carbocycles. The molecule has 88 valence electrons. The second-order valence-corrected chi connectivity index (χ2v) is 3.80. The first-order valence-corrected chi connectivity index (χ1v) is 5.54. The van der Waals surface area contributed by atoms with Crippen molar-refractivity contribution in [2.24, 2.45) is 0 Å². The van der Waals surface area contributed by atoms with Crippen LogP contribution in [-0.4, -0.2) is 9.91 Å². The van der Waals surface area contributed by atoms with Gasteiger partial charge in [0.25, 0.3) is 5.69 Å². The summed E-state index contributed by atoms with van der Waals surface area (Å²) < 4.78 is 0. The number of aromatic nitrogens is 1. The lowest BCUT2D eigenvalue weighted by Crippen LogP contribution is -2.00. The molecule has 0 fully saturated rings. The van der Waals surface area contributed by atoms with Crippen LogP contribution in [0.3, 0.4) is 0 Å². The highest BCUT2D eigenvalue weighted by Crippen LogP contribution is 2.18. The topological polar surface area (TPSA) is 82.0 Å². The normalized spacial score (nSPS) is 10.3. The summed E-state index contributed by atoms with van der Waals surface area (Å²) in [6.45, 7) is 2.15. The molecule has 0 radical (unpaired) electrons. The number of unbranched alkanes of at least 4 members (excludes halogenated alkanes) is 3. The quantitative estimate of drug-likeness (QED) is 0.456. The second kappa shape index (κ2) is 6.05. The van der Waals surface area contributed by atoms with E-state index >= 15 is 0 Å². The molecule has 5 heteroatoms. The van der Waals surface area contributed by atoms with Crippen molar-refractivity contribution in [3.63, 3.8) is 0 Å². The van der Waals surface area contributed by atoms with Crippen molar-refractivity contribution in [2.45, 2.75) is 39.0 Å². The Morgan fingerprint density at radius 1 is 1.44 bits per heavy atom. The van der Waals surface area contributed by atoms with Gasteiger partial charge in [-0.25, -0.2) is 0 Å². The van der Waals surface area contributed by atoms with E-state index in [9.17, 15) is 10.1 Å². The average molecular weight is 223 g/mol. The third-order valence-electron chi connectivity index (χ3n) is 2.47. The van der Waals surface area contributed by atoms with Crippen molar-refractivity contribution in [1.29, 1.82) is 0 Å². The van der Waals surface area contributed by atoms with Crippen molar-refractivity contribution in [2.75, 3.05) is 5.73 Å². The van der Waals surface area contributed by atoms with Crippen LogP contribution >= 0.6 is 0 Å². The number of hydrogen-bond donors (Lipinski definition) is 1. The van der Waals surface area contributed by atoms with Crippen molar-refractivity contribution in [1.82, 2.24) is 4.98 Å². The van der Waals surface area contributed by atoms with E-state index in [0.29, 0.717) is 5.69 Å². The van der Waals surface area contributed by atoms with E-state index in [1.165, 1.54) is 25.1 Å². The Balaban J connectivity index is 2.57. The minimum Gasteiger partial charge on any atom is -0.397 e. The lowest BCUT2D eigenvalue weighted by molar-refractivity contribution is -0.385. The number of pyridine rings is 1. The molecule has 0 spiro atoms. The fraction of sp³-hybridized carbons (Fsp3) is 0.545. The van der Waals surface area contributed by atoms with Gasteiger partial charge in [0.1, 0.15) is 6.20 Å². The molecule has 0 aromatic carbocycles. The van der Waals surface area contributed by atoms with Crippen LogP contribution in [-0.2, 0) is 6.42 Å². The summed E-state index contributed by atoms with van der Waals surface area (Å²) >= 11 is 0. The number of hydrogen-bond acceptors (Lipinski definition) is 4. The smallest absolute Gasteiger partial charge is 0.289 e. The highest BCUT2D eigenvalue weighted by molar-refractivity contribution is 5.49. The van der Waals surface area contributed by atoms with Crippen LogP contribution in [0.1, 0.15) is 38.3 Å². The van der Waals surface area contributed by atoms with Gasteiger partial charge in [-0.15, -0.1) is 0 Å². The molecular weight excluding hydrogens is 206 g/mol. The van der Waals surface area contributed by atoms with Gasteiger partial charge in [-0.3, -0.25) is 15.1 Å². The molecule has 0 atom stereocenters. The van der Waals surface area contributed by atoms with Crippen LogP contribution in [0.4, 0.5) is 11.4 Å². The zero-order valence-corrected chi connectivity index (χ0v) is 9.48. The minimum atomic E-state index is -0.482. The molecule has 1 aromatic heterocycles. The molecule has 0 bridgehead atoms. The zero-order chi connectivity index (χ0) is 12.0. The van der Waals surface area contributed by atoms with E-state index < -0.39 is 4.92 Å². The number of aryl methyl sites for hydroxylation is 1. The monoisotopic (exact) mass is 223 g/mol. The van der Waals surface area contributed by atoms with Gasteiger partial charge >= 0.3 is 0 Å². The summed E-state index contributed by atoms with van der Waals surface area (Å²) in [6, 6.07) is 1.38. The first-order chi connectivity index (χ1) is 7.65. The summed E-state index contributed by atoms with van der Waals surface area (Å²) in [5, 5.41) is 10.5. The molecule has 16 heavy (non-hydrogen) atoms. The lowest BCUT2D eigenvalue weighted by atomic mass is 10.1. The molecule has 0 aliphatic carbocycles. The predicted molar refractivity (Wildman–Crippen MR) is 63.1 cm³/mol. The van der Waals surface area contributed by atoms with Crippen LogP contribution < -0.4 is 5.73 Å². The van der Waals surface area contributed by atoms with Crippen molar-refractivity contribution < 1.29 is 4.92 Å². The average Bonchev–Trinajstić information content (AvgIpc) is 2.26. The molecule has 0 amide bonds. The number of nitrogens with zero attached hydrogens (tertiary/aromatic N) is 2. The van der Waals surface area contributed by atoms with Gasteiger partial charge in [0.2, 0.25) is 0 Å². The predicted octanol–water partition coefficient (Wildman–Crippen LogP) is 2.69. The van der Waals surface area contributed by atoms with Gasteiger partial charge in [0.05, 0.1) is 16.3 Å². The number of anilines is 1. The largest absolute Gasteiger partial charge is 0.397 e. The minimum absolute atomic E-state index is 0.0465. The van der Waals surface area contributed by atoms with Gasteiger partial charge in [-0.05, 0) is 12.8 Å². The van der Waals surface area contributed by atoms with Crippen molar-refractivity contribution in [3.8, 4) is 0 Å². The fourth-order valence-electron chi connectivity index (χ4n) is 1.53. The van der Waals surface area contributed by atoms with E-state index in [-0.39, 0.29) is 5.69 Å². The van der Waals surface area contributed by atoms with Gasteiger partial charge in [0, 0.05) is 6.07 Å². The Hall–Kier alpha value is -1.65. The van der Waals surface area contributed by atoms with Crippen molar-refractivity contribution in [3.05, 3.63) is 28.1 Å².